The summed E-state index contributed by atoms with van der Waals surface area (Å²) in [7, 11) is 0. The van der Waals surface area contributed by atoms with Crippen LogP contribution in [0.1, 0.15) is 40.7 Å². The SMILES string of the molecule is Cc1c(Br)cc(C#N)c(=O)n1Cc1csc(C2CC2)n1. The number of nitriles is 1. The third-order valence-corrected chi connectivity index (χ3v) is 5.29. The Bertz CT molecular complexity index is 768. The van der Waals surface area contributed by atoms with Crippen molar-refractivity contribution in [2.75, 3.05) is 0 Å². The molecule has 1 aliphatic carbocycles. The number of pyridine rings is 1. The van der Waals surface area contributed by atoms with E-state index in [0.717, 1.165) is 15.9 Å². The molecule has 20 heavy (non-hydrogen) atoms. The molecule has 1 saturated carbocycles. The molecule has 6 heteroatoms. The fourth-order valence-electron chi connectivity index (χ4n) is 2.07. The van der Waals surface area contributed by atoms with Gasteiger partial charge in [-0.1, -0.05) is 0 Å². The van der Waals surface area contributed by atoms with Gasteiger partial charge in [0, 0.05) is 21.5 Å². The van der Waals surface area contributed by atoms with Crippen LogP contribution in [0.25, 0.3) is 0 Å². The maximum atomic E-state index is 12.2. The first-order valence-corrected chi connectivity index (χ1v) is 8.01. The van der Waals surface area contributed by atoms with Gasteiger partial charge in [-0.25, -0.2) is 4.98 Å². The van der Waals surface area contributed by atoms with Gasteiger partial charge in [0.15, 0.2) is 0 Å². The lowest BCUT2D eigenvalue weighted by Crippen LogP contribution is -2.25. The number of hydrogen-bond donors (Lipinski definition) is 0. The lowest BCUT2D eigenvalue weighted by molar-refractivity contribution is 0.708. The molecule has 0 atom stereocenters. The van der Waals surface area contributed by atoms with Crippen molar-refractivity contribution in [3.05, 3.63) is 48.2 Å². The molecule has 2 aromatic rings. The zero-order valence-electron chi connectivity index (χ0n) is 10.9. The third-order valence-electron chi connectivity index (χ3n) is 3.43. The Morgan fingerprint density at radius 3 is 3.00 bits per heavy atom. The van der Waals surface area contributed by atoms with Crippen LogP contribution in [0, 0.1) is 18.3 Å². The summed E-state index contributed by atoms with van der Waals surface area (Å²) < 4.78 is 2.38. The molecule has 3 rings (SSSR count). The van der Waals surface area contributed by atoms with Crippen LogP contribution in [-0.4, -0.2) is 9.55 Å². The van der Waals surface area contributed by atoms with Crippen molar-refractivity contribution in [2.24, 2.45) is 0 Å². The molecule has 0 unspecified atom stereocenters. The van der Waals surface area contributed by atoms with Crippen LogP contribution in [0.5, 0.6) is 0 Å². The van der Waals surface area contributed by atoms with E-state index in [1.165, 1.54) is 17.8 Å². The van der Waals surface area contributed by atoms with Crippen LogP contribution >= 0.6 is 27.3 Å². The maximum absolute atomic E-state index is 12.2. The van der Waals surface area contributed by atoms with E-state index in [4.69, 9.17) is 5.26 Å². The summed E-state index contributed by atoms with van der Waals surface area (Å²) in [5, 5.41) is 12.2. The third kappa shape index (κ3) is 2.43. The van der Waals surface area contributed by atoms with Crippen molar-refractivity contribution in [1.82, 2.24) is 9.55 Å². The highest BCUT2D eigenvalue weighted by molar-refractivity contribution is 9.10. The topological polar surface area (TPSA) is 58.7 Å². The average molecular weight is 350 g/mol. The van der Waals surface area contributed by atoms with E-state index in [-0.39, 0.29) is 11.1 Å². The second-order valence-electron chi connectivity index (χ2n) is 4.95. The normalized spacial score (nSPS) is 14.2. The summed E-state index contributed by atoms with van der Waals surface area (Å²) in [6, 6.07) is 3.52. The molecular formula is C14H12BrN3OS. The molecule has 0 aliphatic heterocycles. The van der Waals surface area contributed by atoms with Gasteiger partial charge >= 0.3 is 0 Å². The van der Waals surface area contributed by atoms with E-state index >= 15 is 0 Å². The van der Waals surface area contributed by atoms with Crippen molar-refractivity contribution >= 4 is 27.3 Å². The molecule has 0 aromatic carbocycles. The number of nitrogens with zero attached hydrogens (tertiary/aromatic N) is 3. The number of halogens is 1. The molecular weight excluding hydrogens is 338 g/mol. The van der Waals surface area contributed by atoms with E-state index in [1.807, 2.05) is 18.4 Å². The Hall–Kier alpha value is -1.45. The summed E-state index contributed by atoms with van der Waals surface area (Å²) in [4.78, 5) is 16.8. The highest BCUT2D eigenvalue weighted by Crippen LogP contribution is 2.41. The van der Waals surface area contributed by atoms with Gasteiger partial charge in [0.25, 0.3) is 5.56 Å². The Labute approximate surface area is 128 Å². The Morgan fingerprint density at radius 1 is 1.60 bits per heavy atom. The van der Waals surface area contributed by atoms with E-state index in [9.17, 15) is 4.79 Å². The van der Waals surface area contributed by atoms with Gasteiger partial charge in [-0.2, -0.15) is 5.26 Å². The fourth-order valence-corrected chi connectivity index (χ4v) is 3.49. The highest BCUT2D eigenvalue weighted by Gasteiger charge is 2.26. The molecule has 0 radical (unpaired) electrons. The van der Waals surface area contributed by atoms with Crippen LogP contribution in [-0.2, 0) is 6.54 Å². The van der Waals surface area contributed by atoms with Crippen LogP contribution in [0.15, 0.2) is 20.7 Å². The van der Waals surface area contributed by atoms with Gasteiger partial charge in [-0.3, -0.25) is 4.79 Å². The van der Waals surface area contributed by atoms with Gasteiger partial charge in [0.1, 0.15) is 11.6 Å². The zero-order valence-corrected chi connectivity index (χ0v) is 13.3. The fraction of sp³-hybridized carbons (Fsp3) is 0.357. The summed E-state index contributed by atoms with van der Waals surface area (Å²) in [5.74, 6) is 0.628. The van der Waals surface area contributed by atoms with Crippen molar-refractivity contribution < 1.29 is 0 Å². The van der Waals surface area contributed by atoms with Crippen LogP contribution < -0.4 is 5.56 Å². The Morgan fingerprint density at radius 2 is 2.35 bits per heavy atom. The number of rotatable bonds is 3. The highest BCUT2D eigenvalue weighted by atomic mass is 79.9. The van der Waals surface area contributed by atoms with E-state index < -0.39 is 0 Å². The van der Waals surface area contributed by atoms with E-state index in [0.29, 0.717) is 12.5 Å². The molecule has 1 fully saturated rings. The standard InChI is InChI=1S/C14H12BrN3OS/c1-8-12(15)4-10(5-16)14(19)18(8)6-11-7-20-13(17-11)9-2-3-9/h4,7,9H,2-3,6H2,1H3. The van der Waals surface area contributed by atoms with Gasteiger partial charge in [0.05, 0.1) is 17.2 Å². The van der Waals surface area contributed by atoms with E-state index in [2.05, 4.69) is 20.9 Å². The predicted octanol–water partition coefficient (Wildman–Crippen LogP) is 3.17. The van der Waals surface area contributed by atoms with Crippen LogP contribution in [0.3, 0.4) is 0 Å². The quantitative estimate of drug-likeness (QED) is 0.854. The van der Waals surface area contributed by atoms with Gasteiger partial charge in [-0.15, -0.1) is 11.3 Å². The molecule has 0 saturated heterocycles. The zero-order chi connectivity index (χ0) is 14.3. The molecule has 1 aliphatic rings. The molecule has 2 aromatic heterocycles. The molecule has 0 amide bonds. The van der Waals surface area contributed by atoms with Crippen LogP contribution in [0.4, 0.5) is 0 Å². The minimum atomic E-state index is -0.255. The van der Waals surface area contributed by atoms with Gasteiger partial charge in [-0.05, 0) is 41.8 Å². The largest absolute Gasteiger partial charge is 0.305 e. The molecule has 102 valence electrons. The Balaban J connectivity index is 1.99. The number of hydrogen-bond acceptors (Lipinski definition) is 4. The summed E-state index contributed by atoms with van der Waals surface area (Å²) in [6.07, 6.45) is 2.45. The molecule has 2 heterocycles. The maximum Gasteiger partial charge on any atom is 0.269 e. The molecule has 0 N–H and O–H groups in total. The summed E-state index contributed by atoms with van der Waals surface area (Å²) in [5.41, 5.74) is 1.60. The lowest BCUT2D eigenvalue weighted by atomic mass is 10.2. The second-order valence-corrected chi connectivity index (χ2v) is 6.69. The van der Waals surface area contributed by atoms with Crippen LogP contribution in [0.2, 0.25) is 0 Å². The number of aromatic nitrogens is 2. The first-order valence-electron chi connectivity index (χ1n) is 6.34. The van der Waals surface area contributed by atoms with Gasteiger partial charge in [0.2, 0.25) is 0 Å². The smallest absolute Gasteiger partial charge is 0.269 e. The van der Waals surface area contributed by atoms with E-state index in [1.54, 1.807) is 22.0 Å². The molecule has 0 bridgehead atoms. The average Bonchev–Trinajstić information content (AvgIpc) is 3.19. The van der Waals surface area contributed by atoms with Crippen molar-refractivity contribution in [1.29, 1.82) is 5.26 Å². The van der Waals surface area contributed by atoms with Crippen molar-refractivity contribution in [2.45, 2.75) is 32.2 Å². The number of thiazole rings is 1. The lowest BCUT2D eigenvalue weighted by Gasteiger charge is -2.10. The van der Waals surface area contributed by atoms with Crippen molar-refractivity contribution in [3.8, 4) is 6.07 Å². The summed E-state index contributed by atoms with van der Waals surface area (Å²) >= 11 is 5.06. The van der Waals surface area contributed by atoms with Crippen molar-refractivity contribution in [3.63, 3.8) is 0 Å². The Kier molecular flexibility index (Phi) is 3.48. The first kappa shape index (κ1) is 13.5. The molecule has 0 spiro atoms. The predicted molar refractivity (Wildman–Crippen MR) is 81.0 cm³/mol. The minimum absolute atomic E-state index is 0.153. The summed E-state index contributed by atoms with van der Waals surface area (Å²) in [6.45, 7) is 2.28. The minimum Gasteiger partial charge on any atom is -0.305 e. The van der Waals surface area contributed by atoms with Gasteiger partial charge < -0.3 is 4.57 Å². The first-order chi connectivity index (χ1) is 9.60. The second kappa shape index (κ2) is 5.15. The molecule has 4 nitrogen and oxygen atoms in total. The monoisotopic (exact) mass is 349 g/mol.